The van der Waals surface area contributed by atoms with E-state index in [4.69, 9.17) is 9.15 Å². The molecule has 6 nitrogen and oxygen atoms in total. The molecule has 0 bridgehead atoms. The predicted molar refractivity (Wildman–Crippen MR) is 134 cm³/mol. The van der Waals surface area contributed by atoms with Crippen molar-refractivity contribution in [2.45, 2.75) is 103 Å². The Bertz CT molecular complexity index is 920. The van der Waals surface area contributed by atoms with Crippen LogP contribution in [0.3, 0.4) is 0 Å². The second-order valence-corrected chi connectivity index (χ2v) is 8.87. The molecular weight excluding hydrogens is 473 g/mol. The fraction of sp³-hybridized carbons (Fsp3) is 0.630. The standard InChI is InChI=1S/C27H39F3N2O4/c1-2-3-4-5-6-7-8-9-10-11-12-13-14-15-16-17-22-34-25-31-32(26(33)35-25)23-18-20-24(21-19-23)36-27(28,29)30/h9-10,18-21H,2-8,11-17,22H2,1H3. The van der Waals surface area contributed by atoms with Gasteiger partial charge >= 0.3 is 18.2 Å². The summed E-state index contributed by atoms with van der Waals surface area (Å²) >= 11 is 0. The average Bonchev–Trinajstić information content (AvgIpc) is 3.21. The maximum atomic E-state index is 12.3. The minimum atomic E-state index is -4.78. The summed E-state index contributed by atoms with van der Waals surface area (Å²) in [5, 5.41) is 3.94. The lowest BCUT2D eigenvalue weighted by atomic mass is 10.1. The Balaban J connectivity index is 1.51. The Morgan fingerprint density at radius 1 is 0.861 bits per heavy atom. The van der Waals surface area contributed by atoms with Crippen LogP contribution in [-0.4, -0.2) is 22.7 Å². The molecule has 0 radical (unpaired) electrons. The molecule has 1 heterocycles. The van der Waals surface area contributed by atoms with E-state index in [-0.39, 0.29) is 17.5 Å². The van der Waals surface area contributed by atoms with Crippen molar-refractivity contribution in [2.24, 2.45) is 0 Å². The summed E-state index contributed by atoms with van der Waals surface area (Å²) in [6.45, 7) is 2.62. The van der Waals surface area contributed by atoms with Crippen LogP contribution in [-0.2, 0) is 0 Å². The first kappa shape index (κ1) is 29.5. The van der Waals surface area contributed by atoms with Crippen molar-refractivity contribution >= 4 is 0 Å². The number of ether oxygens (including phenoxy) is 2. The van der Waals surface area contributed by atoms with Crippen molar-refractivity contribution in [1.82, 2.24) is 9.78 Å². The summed E-state index contributed by atoms with van der Waals surface area (Å²) in [6, 6.07) is 4.74. The largest absolute Gasteiger partial charge is 0.573 e. The molecule has 202 valence electrons. The number of hydrogen-bond donors (Lipinski definition) is 0. The summed E-state index contributed by atoms with van der Waals surface area (Å²) in [7, 11) is 0. The summed E-state index contributed by atoms with van der Waals surface area (Å²) in [6.07, 6.45) is 16.7. The van der Waals surface area contributed by atoms with Gasteiger partial charge in [0.1, 0.15) is 5.75 Å². The monoisotopic (exact) mass is 512 g/mol. The predicted octanol–water partition coefficient (Wildman–Crippen LogP) is 8.14. The SMILES string of the molecule is CCCCCCCCC=CCCCCCCCCOc1nn(-c2ccc(OC(F)(F)F)cc2)c(=O)o1. The van der Waals surface area contributed by atoms with Gasteiger partial charge in [-0.05, 0) is 56.4 Å². The number of alkyl halides is 3. The molecule has 1 aromatic carbocycles. The van der Waals surface area contributed by atoms with Crippen LogP contribution in [0.15, 0.2) is 45.6 Å². The Hall–Kier alpha value is -2.71. The number of rotatable bonds is 19. The van der Waals surface area contributed by atoms with Crippen molar-refractivity contribution < 1.29 is 27.1 Å². The van der Waals surface area contributed by atoms with Gasteiger partial charge in [0, 0.05) is 0 Å². The quantitative estimate of drug-likeness (QED) is 0.140. The van der Waals surface area contributed by atoms with Crippen molar-refractivity contribution in [3.05, 3.63) is 47.0 Å². The first-order chi connectivity index (χ1) is 17.4. The van der Waals surface area contributed by atoms with Crippen molar-refractivity contribution in [2.75, 3.05) is 6.61 Å². The molecule has 1 aromatic heterocycles. The van der Waals surface area contributed by atoms with E-state index in [0.717, 1.165) is 42.5 Å². The number of benzene rings is 1. The van der Waals surface area contributed by atoms with Crippen LogP contribution in [0.2, 0.25) is 0 Å². The number of unbranched alkanes of at least 4 members (excludes halogenated alkanes) is 12. The lowest BCUT2D eigenvalue weighted by Crippen LogP contribution is -2.17. The third kappa shape index (κ3) is 12.8. The van der Waals surface area contributed by atoms with E-state index in [1.165, 1.54) is 76.3 Å². The summed E-state index contributed by atoms with van der Waals surface area (Å²) in [4.78, 5) is 12.0. The van der Waals surface area contributed by atoms with E-state index in [2.05, 4.69) is 28.9 Å². The van der Waals surface area contributed by atoms with Crippen molar-refractivity contribution in [3.63, 3.8) is 0 Å². The molecule has 0 unspecified atom stereocenters. The first-order valence-corrected chi connectivity index (χ1v) is 13.1. The van der Waals surface area contributed by atoms with Gasteiger partial charge in [0.25, 0.3) is 0 Å². The number of hydrogen-bond acceptors (Lipinski definition) is 5. The van der Waals surface area contributed by atoms with Crippen LogP contribution in [0.5, 0.6) is 11.8 Å². The highest BCUT2D eigenvalue weighted by Crippen LogP contribution is 2.23. The third-order valence-corrected chi connectivity index (χ3v) is 5.73. The van der Waals surface area contributed by atoms with Crippen molar-refractivity contribution in [1.29, 1.82) is 0 Å². The molecule has 0 aliphatic carbocycles. The lowest BCUT2D eigenvalue weighted by Gasteiger charge is -2.08. The molecule has 0 N–H and O–H groups in total. The fourth-order valence-electron chi connectivity index (χ4n) is 3.78. The van der Waals surface area contributed by atoms with Gasteiger partial charge in [-0.25, -0.2) is 4.79 Å². The van der Waals surface area contributed by atoms with Gasteiger partial charge in [-0.3, -0.25) is 0 Å². The van der Waals surface area contributed by atoms with Gasteiger partial charge in [0.05, 0.1) is 12.3 Å². The molecule has 2 aromatic rings. The molecule has 0 aliphatic heterocycles. The van der Waals surface area contributed by atoms with Gasteiger partial charge in [-0.15, -0.1) is 13.2 Å². The third-order valence-electron chi connectivity index (χ3n) is 5.73. The van der Waals surface area contributed by atoms with Crippen LogP contribution in [0.4, 0.5) is 13.2 Å². The molecular formula is C27H39F3N2O4. The normalized spacial score (nSPS) is 11.9. The molecule has 0 spiro atoms. The molecule has 9 heteroatoms. The van der Waals surface area contributed by atoms with Crippen LogP contribution >= 0.6 is 0 Å². The van der Waals surface area contributed by atoms with Crippen LogP contribution in [0.1, 0.15) is 96.8 Å². The first-order valence-electron chi connectivity index (χ1n) is 13.1. The van der Waals surface area contributed by atoms with E-state index >= 15 is 0 Å². The van der Waals surface area contributed by atoms with Crippen molar-refractivity contribution in [3.8, 4) is 17.5 Å². The smallest absolute Gasteiger partial charge is 0.449 e. The lowest BCUT2D eigenvalue weighted by molar-refractivity contribution is -0.274. The Labute approximate surface area is 211 Å². The molecule has 0 atom stereocenters. The highest BCUT2D eigenvalue weighted by atomic mass is 19.4. The fourth-order valence-corrected chi connectivity index (χ4v) is 3.78. The van der Waals surface area contributed by atoms with E-state index in [0.29, 0.717) is 6.61 Å². The highest BCUT2D eigenvalue weighted by Gasteiger charge is 2.31. The molecule has 0 amide bonds. The number of allylic oxidation sites excluding steroid dienone is 2. The average molecular weight is 513 g/mol. The van der Waals surface area contributed by atoms with Gasteiger partial charge in [-0.1, -0.05) is 82.0 Å². The molecule has 0 saturated carbocycles. The second-order valence-electron chi connectivity index (χ2n) is 8.87. The van der Waals surface area contributed by atoms with E-state index in [9.17, 15) is 18.0 Å². The van der Waals surface area contributed by atoms with E-state index in [1.54, 1.807) is 0 Å². The van der Waals surface area contributed by atoms with Gasteiger partial charge in [0.15, 0.2) is 0 Å². The second kappa shape index (κ2) is 16.9. The van der Waals surface area contributed by atoms with E-state index in [1.807, 2.05) is 0 Å². The van der Waals surface area contributed by atoms with Gasteiger partial charge in [-0.2, -0.15) is 4.68 Å². The summed E-state index contributed by atoms with van der Waals surface area (Å²) < 4.78 is 51.9. The molecule has 0 saturated heterocycles. The van der Waals surface area contributed by atoms with Crippen LogP contribution in [0.25, 0.3) is 5.69 Å². The Kier molecular flexibility index (Phi) is 13.8. The zero-order chi connectivity index (χ0) is 26.1. The Morgan fingerprint density at radius 2 is 1.42 bits per heavy atom. The number of nitrogens with zero attached hydrogens (tertiary/aromatic N) is 2. The zero-order valence-corrected chi connectivity index (χ0v) is 21.2. The maximum absolute atomic E-state index is 12.3. The molecule has 2 rings (SSSR count). The summed E-state index contributed by atoms with van der Waals surface area (Å²) in [5.74, 6) is -1.17. The Morgan fingerprint density at radius 3 is 2.00 bits per heavy atom. The molecule has 36 heavy (non-hydrogen) atoms. The maximum Gasteiger partial charge on any atom is 0.573 e. The number of halogens is 3. The van der Waals surface area contributed by atoms with E-state index < -0.39 is 12.1 Å². The van der Waals surface area contributed by atoms with Crippen LogP contribution in [0, 0.1) is 0 Å². The minimum Gasteiger partial charge on any atom is -0.449 e. The number of aromatic nitrogens is 2. The minimum absolute atomic E-state index is 0.164. The molecule has 0 fully saturated rings. The van der Waals surface area contributed by atoms with Gasteiger partial charge in [0.2, 0.25) is 0 Å². The summed E-state index contributed by atoms with van der Waals surface area (Å²) in [5.41, 5.74) is 0.241. The van der Waals surface area contributed by atoms with Crippen LogP contribution < -0.4 is 15.2 Å². The zero-order valence-electron chi connectivity index (χ0n) is 21.2. The topological polar surface area (TPSA) is 66.5 Å². The highest BCUT2D eigenvalue weighted by molar-refractivity contribution is 5.36. The van der Waals surface area contributed by atoms with Gasteiger partial charge < -0.3 is 13.9 Å². The molecule has 0 aliphatic rings.